The molecule has 1 fully saturated rings. The summed E-state index contributed by atoms with van der Waals surface area (Å²) in [4.78, 5) is 18.0. The molecule has 172 valence electrons. The summed E-state index contributed by atoms with van der Waals surface area (Å²) in [6.07, 6.45) is 5.87. The number of aromatic hydroxyl groups is 1. The van der Waals surface area contributed by atoms with Crippen LogP contribution in [0.3, 0.4) is 0 Å². The van der Waals surface area contributed by atoms with Gasteiger partial charge in [-0.15, -0.1) is 0 Å². The molecule has 1 aliphatic carbocycles. The van der Waals surface area contributed by atoms with Crippen molar-refractivity contribution in [3.8, 4) is 17.2 Å². The number of ether oxygens (including phenoxy) is 3. The minimum atomic E-state index is -0.468. The molecule has 2 aromatic rings. The van der Waals surface area contributed by atoms with E-state index in [-0.39, 0.29) is 36.6 Å². The van der Waals surface area contributed by atoms with Crippen molar-refractivity contribution in [1.29, 1.82) is 0 Å². The number of amides is 1. The van der Waals surface area contributed by atoms with E-state index in [2.05, 4.69) is 29.2 Å². The van der Waals surface area contributed by atoms with E-state index >= 15 is 0 Å². The number of carbonyl (C=O) groups excluding carboxylic acids is 1. The van der Waals surface area contributed by atoms with E-state index in [1.165, 1.54) is 5.56 Å². The van der Waals surface area contributed by atoms with Gasteiger partial charge in [0.05, 0.1) is 11.5 Å². The zero-order chi connectivity index (χ0) is 22.7. The minimum Gasteiger partial charge on any atom is -0.508 e. The van der Waals surface area contributed by atoms with Gasteiger partial charge in [-0.2, -0.15) is 0 Å². The lowest BCUT2D eigenvalue weighted by Gasteiger charge is -2.49. The number of methoxy groups -OCH3 is 1. The van der Waals surface area contributed by atoms with Crippen molar-refractivity contribution in [3.05, 3.63) is 65.2 Å². The number of likely N-dealkylation sites (tertiary alicyclic amines) is 1. The summed E-state index contributed by atoms with van der Waals surface area (Å²) in [5.41, 5.74) is 3.00. The Hall–Kier alpha value is -3.03. The van der Waals surface area contributed by atoms with Crippen molar-refractivity contribution >= 4 is 5.91 Å². The first kappa shape index (κ1) is 20.6. The van der Waals surface area contributed by atoms with Crippen LogP contribution in [-0.4, -0.2) is 66.5 Å². The molecule has 1 amide bonds. The molecule has 7 heteroatoms. The van der Waals surface area contributed by atoms with E-state index in [4.69, 9.17) is 14.2 Å². The predicted octanol–water partition coefficient (Wildman–Crippen LogP) is 2.60. The number of likely N-dealkylation sites (N-methyl/N-ethyl adjacent to an activating group) is 1. The number of fused-ring (bicyclic) bond motifs is 2. The lowest BCUT2D eigenvalue weighted by Crippen LogP contribution is -2.58. The summed E-state index contributed by atoms with van der Waals surface area (Å²) < 4.78 is 17.1. The Morgan fingerprint density at radius 3 is 2.70 bits per heavy atom. The predicted molar refractivity (Wildman–Crippen MR) is 121 cm³/mol. The Kier molecular flexibility index (Phi) is 4.67. The van der Waals surface area contributed by atoms with Crippen LogP contribution >= 0.6 is 0 Å². The molecular weight excluding hydrogens is 420 g/mol. The third-order valence-electron chi connectivity index (χ3n) is 7.83. The molecule has 0 radical (unpaired) electrons. The number of benzene rings is 2. The van der Waals surface area contributed by atoms with Gasteiger partial charge in [0.2, 0.25) is 12.7 Å². The van der Waals surface area contributed by atoms with Crippen LogP contribution < -0.4 is 9.47 Å². The highest BCUT2D eigenvalue weighted by Gasteiger charge is 2.63. The topological polar surface area (TPSA) is 71.5 Å². The van der Waals surface area contributed by atoms with E-state index in [9.17, 15) is 9.90 Å². The number of carbonyl (C=O) groups is 1. The second-order valence-corrected chi connectivity index (χ2v) is 9.42. The quantitative estimate of drug-likeness (QED) is 0.725. The molecule has 3 heterocycles. The van der Waals surface area contributed by atoms with Crippen LogP contribution in [0.1, 0.15) is 23.1 Å². The highest BCUT2D eigenvalue weighted by atomic mass is 16.7. The second-order valence-electron chi connectivity index (χ2n) is 9.42. The highest BCUT2D eigenvalue weighted by Crippen LogP contribution is 2.54. The smallest absolute Gasteiger partial charge is 0.241 e. The van der Waals surface area contributed by atoms with Crippen LogP contribution in [0.5, 0.6) is 17.2 Å². The highest BCUT2D eigenvalue weighted by molar-refractivity contribution is 5.89. The van der Waals surface area contributed by atoms with Crippen molar-refractivity contribution in [2.24, 2.45) is 0 Å². The fourth-order valence-electron chi connectivity index (χ4n) is 6.20. The standard InChI is InChI=1S/C26H28N2O5/c1-27-23-12-19(31-2)7-9-26(23)20-13-22-21(32-15-33-22)11-17(20)14-28(24(26)25(27)30)10-8-16-3-5-18(29)6-4-16/h3-7,9,11,13,19,23-24,29H,8,10,12,14-15H2,1-2H3. The summed E-state index contributed by atoms with van der Waals surface area (Å²) in [5, 5.41) is 9.62. The molecule has 4 aliphatic rings. The fraction of sp³-hybridized carbons (Fsp3) is 0.423. The molecule has 1 N–H and O–H groups in total. The summed E-state index contributed by atoms with van der Waals surface area (Å²) in [7, 11) is 3.64. The van der Waals surface area contributed by atoms with Crippen LogP contribution in [0, 0.1) is 0 Å². The lowest BCUT2D eigenvalue weighted by molar-refractivity contribution is -0.132. The number of nitrogens with zero attached hydrogens (tertiary/aromatic N) is 2. The SMILES string of the molecule is COC1C=CC23c4cc5c(cc4CN(CCc4ccc(O)cc4)C2C(=O)N(C)C3C1)OCO5. The van der Waals surface area contributed by atoms with Gasteiger partial charge in [-0.05, 0) is 53.8 Å². The molecular formula is C26H28N2O5. The fourth-order valence-corrected chi connectivity index (χ4v) is 6.20. The Morgan fingerprint density at radius 2 is 1.94 bits per heavy atom. The number of rotatable bonds is 4. The summed E-state index contributed by atoms with van der Waals surface area (Å²) in [6.45, 7) is 1.63. The number of hydrogen-bond donors (Lipinski definition) is 1. The Morgan fingerprint density at radius 1 is 1.18 bits per heavy atom. The molecule has 0 bridgehead atoms. The zero-order valence-electron chi connectivity index (χ0n) is 18.9. The Labute approximate surface area is 193 Å². The van der Waals surface area contributed by atoms with Crippen LogP contribution in [0.2, 0.25) is 0 Å². The summed E-state index contributed by atoms with van der Waals surface area (Å²) >= 11 is 0. The van der Waals surface area contributed by atoms with Gasteiger partial charge in [-0.1, -0.05) is 24.3 Å². The number of hydrogen-bond acceptors (Lipinski definition) is 6. The van der Waals surface area contributed by atoms with Crippen molar-refractivity contribution < 1.29 is 24.1 Å². The van der Waals surface area contributed by atoms with E-state index in [1.807, 2.05) is 24.1 Å². The lowest BCUT2D eigenvalue weighted by atomic mass is 9.63. The van der Waals surface area contributed by atoms with Gasteiger partial charge in [-0.25, -0.2) is 0 Å². The van der Waals surface area contributed by atoms with Gasteiger partial charge in [-0.3, -0.25) is 9.69 Å². The maximum Gasteiger partial charge on any atom is 0.241 e. The molecule has 3 aliphatic heterocycles. The Balaban J connectivity index is 1.45. The maximum absolute atomic E-state index is 13.7. The van der Waals surface area contributed by atoms with Gasteiger partial charge in [0.15, 0.2) is 11.5 Å². The van der Waals surface area contributed by atoms with E-state index < -0.39 is 5.41 Å². The first-order valence-corrected chi connectivity index (χ1v) is 11.4. The molecule has 7 nitrogen and oxygen atoms in total. The van der Waals surface area contributed by atoms with Crippen molar-refractivity contribution in [3.63, 3.8) is 0 Å². The van der Waals surface area contributed by atoms with Gasteiger partial charge < -0.3 is 24.2 Å². The van der Waals surface area contributed by atoms with Crippen molar-refractivity contribution in [2.45, 2.75) is 43.0 Å². The summed E-state index contributed by atoms with van der Waals surface area (Å²) in [5.74, 6) is 1.93. The molecule has 1 saturated heterocycles. The largest absolute Gasteiger partial charge is 0.508 e. The molecule has 0 saturated carbocycles. The molecule has 4 atom stereocenters. The van der Waals surface area contributed by atoms with Crippen molar-refractivity contribution in [2.75, 3.05) is 27.5 Å². The zero-order valence-corrected chi connectivity index (χ0v) is 18.9. The van der Waals surface area contributed by atoms with E-state index in [0.717, 1.165) is 42.0 Å². The molecule has 33 heavy (non-hydrogen) atoms. The summed E-state index contributed by atoms with van der Waals surface area (Å²) in [6, 6.07) is 11.2. The first-order valence-electron chi connectivity index (χ1n) is 11.4. The molecule has 1 spiro atoms. The molecule has 2 aromatic carbocycles. The Bertz CT molecular complexity index is 1130. The molecule has 4 unspecified atom stereocenters. The van der Waals surface area contributed by atoms with Crippen LogP contribution in [-0.2, 0) is 27.9 Å². The van der Waals surface area contributed by atoms with Gasteiger partial charge in [0.1, 0.15) is 11.8 Å². The van der Waals surface area contributed by atoms with Crippen LogP contribution in [0.25, 0.3) is 0 Å². The average molecular weight is 449 g/mol. The normalized spacial score (nSPS) is 29.7. The van der Waals surface area contributed by atoms with Crippen molar-refractivity contribution in [1.82, 2.24) is 9.80 Å². The van der Waals surface area contributed by atoms with E-state index in [1.54, 1.807) is 19.2 Å². The minimum absolute atomic E-state index is 0.000504. The maximum atomic E-state index is 13.7. The molecule has 6 rings (SSSR count). The average Bonchev–Trinajstić information content (AvgIpc) is 3.38. The molecule has 0 aromatic heterocycles. The van der Waals surface area contributed by atoms with Crippen LogP contribution in [0.4, 0.5) is 0 Å². The van der Waals surface area contributed by atoms with Gasteiger partial charge in [0.25, 0.3) is 0 Å². The third-order valence-corrected chi connectivity index (χ3v) is 7.83. The van der Waals surface area contributed by atoms with E-state index in [0.29, 0.717) is 6.54 Å². The van der Waals surface area contributed by atoms with Gasteiger partial charge >= 0.3 is 0 Å². The van der Waals surface area contributed by atoms with Gasteiger partial charge in [0, 0.05) is 33.3 Å². The monoisotopic (exact) mass is 448 g/mol. The number of phenols is 1. The first-order chi connectivity index (χ1) is 16.0. The second kappa shape index (κ2) is 7.50. The van der Waals surface area contributed by atoms with Crippen LogP contribution in [0.15, 0.2) is 48.6 Å². The number of phenolic OH excluding ortho intramolecular Hbond substituents is 1. The third kappa shape index (κ3) is 2.99.